The molecule has 5 rings (SSSR count). The van der Waals surface area contributed by atoms with Gasteiger partial charge in [-0.05, 0) is 57.1 Å². The van der Waals surface area contributed by atoms with Crippen molar-refractivity contribution in [3.8, 4) is 0 Å². The van der Waals surface area contributed by atoms with E-state index in [2.05, 4.69) is 37.7 Å². The molecule has 1 saturated carbocycles. The molecule has 0 bridgehead atoms. The number of pyridine rings is 2. The summed E-state index contributed by atoms with van der Waals surface area (Å²) >= 11 is 0. The molecule has 0 radical (unpaired) electrons. The number of fused-ring (bicyclic) bond motifs is 1. The first-order chi connectivity index (χ1) is 18.4. The van der Waals surface area contributed by atoms with Crippen molar-refractivity contribution >= 4 is 40.7 Å². The summed E-state index contributed by atoms with van der Waals surface area (Å²) in [4.78, 5) is 51.3. The average Bonchev–Trinajstić information content (AvgIpc) is 3.37. The van der Waals surface area contributed by atoms with Gasteiger partial charge in [-0.25, -0.2) is 9.97 Å². The van der Waals surface area contributed by atoms with E-state index in [-0.39, 0.29) is 23.8 Å². The van der Waals surface area contributed by atoms with Gasteiger partial charge in [-0.2, -0.15) is 0 Å². The molecule has 2 aromatic heterocycles. The van der Waals surface area contributed by atoms with Crippen molar-refractivity contribution in [3.63, 3.8) is 0 Å². The Hall–Kier alpha value is -3.69. The van der Waals surface area contributed by atoms with Crippen LogP contribution in [-0.2, 0) is 9.59 Å². The minimum absolute atomic E-state index is 0.113. The van der Waals surface area contributed by atoms with Crippen LogP contribution in [0.15, 0.2) is 24.5 Å². The summed E-state index contributed by atoms with van der Waals surface area (Å²) in [6.45, 7) is 4.59. The first-order valence-electron chi connectivity index (χ1n) is 13.8. The van der Waals surface area contributed by atoms with E-state index in [4.69, 9.17) is 0 Å². The molecule has 1 saturated heterocycles. The molecule has 4 heterocycles. The zero-order valence-corrected chi connectivity index (χ0v) is 22.4. The van der Waals surface area contributed by atoms with Crippen molar-refractivity contribution in [2.45, 2.75) is 83.3 Å². The van der Waals surface area contributed by atoms with Crippen LogP contribution in [0, 0.1) is 6.92 Å². The van der Waals surface area contributed by atoms with Gasteiger partial charge in [0.05, 0.1) is 23.1 Å². The van der Waals surface area contributed by atoms with E-state index in [0.717, 1.165) is 49.0 Å². The molecule has 0 aromatic carbocycles. The largest absolute Gasteiger partial charge is 0.355 e. The SMILES string of the molecule is CCC1C(=O)N(C)c2cnc(Nc3ncc(C(=O)NC4CCCCNC4=O)cc3C)cc2N1C1CCCC1. The fourth-order valence-electron chi connectivity index (χ4n) is 5.87. The Morgan fingerprint density at radius 2 is 1.82 bits per heavy atom. The number of aromatic nitrogens is 2. The van der Waals surface area contributed by atoms with Crippen LogP contribution in [0.3, 0.4) is 0 Å². The van der Waals surface area contributed by atoms with Gasteiger partial charge in [0, 0.05) is 31.9 Å². The summed E-state index contributed by atoms with van der Waals surface area (Å²) in [5.41, 5.74) is 3.02. The monoisotopic (exact) mass is 519 g/mol. The highest BCUT2D eigenvalue weighted by molar-refractivity contribution is 6.05. The fourth-order valence-corrected chi connectivity index (χ4v) is 5.87. The van der Waals surface area contributed by atoms with E-state index in [1.807, 2.05) is 20.0 Å². The van der Waals surface area contributed by atoms with E-state index in [1.165, 1.54) is 19.0 Å². The second-order valence-electron chi connectivity index (χ2n) is 10.6. The molecule has 2 aromatic rings. The van der Waals surface area contributed by atoms with E-state index in [0.29, 0.717) is 36.2 Å². The van der Waals surface area contributed by atoms with Gasteiger partial charge >= 0.3 is 0 Å². The third-order valence-electron chi connectivity index (χ3n) is 7.99. The molecule has 10 heteroatoms. The molecule has 38 heavy (non-hydrogen) atoms. The molecule has 3 aliphatic rings. The predicted molar refractivity (Wildman–Crippen MR) is 147 cm³/mol. The lowest BCUT2D eigenvalue weighted by molar-refractivity contribution is -0.122. The number of hydrogen-bond acceptors (Lipinski definition) is 7. The number of amides is 3. The number of anilines is 4. The van der Waals surface area contributed by atoms with Gasteiger partial charge in [-0.15, -0.1) is 0 Å². The predicted octanol–water partition coefficient (Wildman–Crippen LogP) is 3.43. The topological polar surface area (TPSA) is 120 Å². The van der Waals surface area contributed by atoms with Crippen LogP contribution in [0.25, 0.3) is 0 Å². The summed E-state index contributed by atoms with van der Waals surface area (Å²) in [6.07, 6.45) is 11.0. The summed E-state index contributed by atoms with van der Waals surface area (Å²) in [5, 5.41) is 8.99. The Morgan fingerprint density at radius 3 is 2.55 bits per heavy atom. The number of likely N-dealkylation sites (N-methyl/N-ethyl adjacent to an activating group) is 1. The lowest BCUT2D eigenvalue weighted by Gasteiger charge is -2.44. The van der Waals surface area contributed by atoms with Crippen molar-refractivity contribution < 1.29 is 14.4 Å². The van der Waals surface area contributed by atoms with Gasteiger partial charge in [-0.1, -0.05) is 19.8 Å². The van der Waals surface area contributed by atoms with E-state index < -0.39 is 6.04 Å². The number of hydrogen-bond donors (Lipinski definition) is 3. The lowest BCUT2D eigenvalue weighted by atomic mass is 10.0. The van der Waals surface area contributed by atoms with Crippen molar-refractivity contribution in [1.82, 2.24) is 20.6 Å². The number of carbonyl (C=O) groups excluding carboxylic acids is 3. The normalized spacial score (nSPS) is 22.1. The summed E-state index contributed by atoms with van der Waals surface area (Å²) in [6, 6.07) is 3.41. The smallest absolute Gasteiger partial charge is 0.253 e. The summed E-state index contributed by atoms with van der Waals surface area (Å²) in [7, 11) is 1.82. The van der Waals surface area contributed by atoms with Gasteiger partial charge in [0.15, 0.2) is 0 Å². The zero-order valence-electron chi connectivity index (χ0n) is 22.4. The highest BCUT2D eigenvalue weighted by Gasteiger charge is 2.40. The highest BCUT2D eigenvalue weighted by atomic mass is 16.2. The molecule has 3 amide bonds. The molecule has 1 aliphatic carbocycles. The number of nitrogens with zero attached hydrogens (tertiary/aromatic N) is 4. The maximum absolute atomic E-state index is 13.1. The van der Waals surface area contributed by atoms with Crippen LogP contribution in [0.1, 0.15) is 74.2 Å². The van der Waals surface area contributed by atoms with Crippen LogP contribution in [0.4, 0.5) is 23.0 Å². The highest BCUT2D eigenvalue weighted by Crippen LogP contribution is 2.41. The van der Waals surface area contributed by atoms with Crippen LogP contribution in [0.5, 0.6) is 0 Å². The molecule has 2 aliphatic heterocycles. The summed E-state index contributed by atoms with van der Waals surface area (Å²) in [5.74, 6) is 0.892. The molecule has 3 N–H and O–H groups in total. The summed E-state index contributed by atoms with van der Waals surface area (Å²) < 4.78 is 0. The quantitative estimate of drug-likeness (QED) is 0.535. The van der Waals surface area contributed by atoms with Crippen LogP contribution >= 0.6 is 0 Å². The number of aryl methyl sites for hydroxylation is 1. The molecule has 10 nitrogen and oxygen atoms in total. The molecule has 2 atom stereocenters. The van der Waals surface area contributed by atoms with Crippen LogP contribution in [0.2, 0.25) is 0 Å². The molecular weight excluding hydrogens is 482 g/mol. The van der Waals surface area contributed by atoms with Gasteiger partial charge < -0.3 is 25.8 Å². The standard InChI is InChI=1S/C28H37N7O3/c1-4-21-28(38)34(3)23-16-30-24(14-22(23)35(21)19-9-5-6-10-19)33-25-17(2)13-18(15-31-25)26(36)32-20-11-7-8-12-29-27(20)37/h13-16,19-21H,4-12H2,1-3H3,(H,29,37)(H,32,36)(H,30,31,33). The van der Waals surface area contributed by atoms with Gasteiger partial charge in [0.2, 0.25) is 11.8 Å². The van der Waals surface area contributed by atoms with Crippen LogP contribution < -0.4 is 25.8 Å². The Bertz CT molecular complexity index is 1230. The molecular formula is C28H37N7O3. The molecule has 202 valence electrons. The Balaban J connectivity index is 1.36. The van der Waals surface area contributed by atoms with E-state index >= 15 is 0 Å². The van der Waals surface area contributed by atoms with Gasteiger partial charge in [0.25, 0.3) is 5.91 Å². The fraction of sp³-hybridized carbons (Fsp3) is 0.536. The first-order valence-corrected chi connectivity index (χ1v) is 13.8. The molecule has 2 fully saturated rings. The number of rotatable bonds is 6. The van der Waals surface area contributed by atoms with Crippen molar-refractivity contribution in [3.05, 3.63) is 35.7 Å². The Kier molecular flexibility index (Phi) is 7.49. The van der Waals surface area contributed by atoms with Crippen molar-refractivity contribution in [2.75, 3.05) is 28.7 Å². The minimum atomic E-state index is -0.525. The second-order valence-corrected chi connectivity index (χ2v) is 10.6. The van der Waals surface area contributed by atoms with Crippen LogP contribution in [-0.4, -0.2) is 59.4 Å². The molecule has 2 unspecified atom stereocenters. The number of nitrogens with one attached hydrogen (secondary N) is 3. The average molecular weight is 520 g/mol. The second kappa shape index (κ2) is 11.0. The minimum Gasteiger partial charge on any atom is -0.355 e. The lowest BCUT2D eigenvalue weighted by Crippen LogP contribution is -2.55. The third-order valence-corrected chi connectivity index (χ3v) is 7.99. The van der Waals surface area contributed by atoms with Gasteiger partial charge in [-0.3, -0.25) is 14.4 Å². The van der Waals surface area contributed by atoms with Crippen molar-refractivity contribution in [2.24, 2.45) is 0 Å². The van der Waals surface area contributed by atoms with Gasteiger partial charge in [0.1, 0.15) is 23.7 Å². The maximum atomic E-state index is 13.1. The maximum Gasteiger partial charge on any atom is 0.253 e. The first kappa shape index (κ1) is 25.9. The third kappa shape index (κ3) is 5.04. The Morgan fingerprint density at radius 1 is 1.05 bits per heavy atom. The number of carbonyl (C=O) groups is 3. The van der Waals surface area contributed by atoms with Crippen molar-refractivity contribution in [1.29, 1.82) is 0 Å². The molecule has 0 spiro atoms. The zero-order chi connectivity index (χ0) is 26.8. The van der Waals surface area contributed by atoms with E-state index in [9.17, 15) is 14.4 Å². The Labute approximate surface area is 223 Å². The van der Waals surface area contributed by atoms with E-state index in [1.54, 1.807) is 17.2 Å².